The van der Waals surface area contributed by atoms with Crippen molar-refractivity contribution in [2.45, 2.75) is 0 Å². The Kier molecular flexibility index (Phi) is 3.43. The van der Waals surface area contributed by atoms with Crippen LogP contribution in [0.4, 0.5) is 5.69 Å². The number of aliphatic imine (C=N–C) groups is 1. The molecular formula is C21H18N2. The standard InChI is InChI=1S/C21H18N2/c1-23-15-22-21(19-9-5-6-10-20(19)23)18-13-11-17(12-14-18)16-7-3-2-4-8-16/h2-14H,15H2,1H3. The summed E-state index contributed by atoms with van der Waals surface area (Å²) in [5.74, 6) is 0. The number of hydrogen-bond donors (Lipinski definition) is 0. The molecule has 1 aliphatic heterocycles. The molecule has 0 unspecified atom stereocenters. The summed E-state index contributed by atoms with van der Waals surface area (Å²) in [5.41, 5.74) is 7.17. The lowest BCUT2D eigenvalue weighted by Crippen LogP contribution is -2.26. The molecule has 0 saturated heterocycles. The molecule has 0 radical (unpaired) electrons. The monoisotopic (exact) mass is 298 g/mol. The van der Waals surface area contributed by atoms with Crippen LogP contribution in [-0.2, 0) is 0 Å². The zero-order chi connectivity index (χ0) is 15.6. The van der Waals surface area contributed by atoms with Crippen LogP contribution in [0.5, 0.6) is 0 Å². The Morgan fingerprint density at radius 1 is 0.696 bits per heavy atom. The first kappa shape index (κ1) is 13.8. The van der Waals surface area contributed by atoms with Crippen molar-refractivity contribution >= 4 is 11.4 Å². The van der Waals surface area contributed by atoms with E-state index in [0.29, 0.717) is 6.67 Å². The van der Waals surface area contributed by atoms with Crippen LogP contribution in [0.25, 0.3) is 11.1 Å². The lowest BCUT2D eigenvalue weighted by molar-refractivity contribution is 0.917. The molecule has 0 atom stereocenters. The third-order valence-corrected chi connectivity index (χ3v) is 4.28. The van der Waals surface area contributed by atoms with Gasteiger partial charge in [0.1, 0.15) is 6.67 Å². The summed E-state index contributed by atoms with van der Waals surface area (Å²) in [6, 6.07) is 27.6. The van der Waals surface area contributed by atoms with Gasteiger partial charge in [0.15, 0.2) is 0 Å². The first-order valence-corrected chi connectivity index (χ1v) is 7.84. The van der Waals surface area contributed by atoms with E-state index in [-0.39, 0.29) is 0 Å². The van der Waals surface area contributed by atoms with E-state index < -0.39 is 0 Å². The summed E-state index contributed by atoms with van der Waals surface area (Å²) < 4.78 is 0. The van der Waals surface area contributed by atoms with E-state index >= 15 is 0 Å². The maximum Gasteiger partial charge on any atom is 0.110 e. The largest absolute Gasteiger partial charge is 0.355 e. The first-order chi connectivity index (χ1) is 11.3. The van der Waals surface area contributed by atoms with Crippen molar-refractivity contribution in [2.75, 3.05) is 18.6 Å². The van der Waals surface area contributed by atoms with Crippen molar-refractivity contribution in [3.63, 3.8) is 0 Å². The maximum atomic E-state index is 4.77. The highest BCUT2D eigenvalue weighted by Gasteiger charge is 2.18. The van der Waals surface area contributed by atoms with Gasteiger partial charge in [-0.25, -0.2) is 0 Å². The van der Waals surface area contributed by atoms with E-state index in [1.54, 1.807) is 0 Å². The average Bonchev–Trinajstić information content (AvgIpc) is 2.63. The summed E-state index contributed by atoms with van der Waals surface area (Å²) >= 11 is 0. The Bertz CT molecular complexity index is 849. The Labute approximate surface area is 136 Å². The molecule has 0 spiro atoms. The maximum absolute atomic E-state index is 4.77. The fourth-order valence-electron chi connectivity index (χ4n) is 3.04. The summed E-state index contributed by atoms with van der Waals surface area (Å²) in [6.45, 7) is 0.701. The molecule has 2 nitrogen and oxygen atoms in total. The Morgan fingerprint density at radius 3 is 2.09 bits per heavy atom. The second-order valence-electron chi connectivity index (χ2n) is 5.81. The molecule has 23 heavy (non-hydrogen) atoms. The molecule has 2 heteroatoms. The minimum absolute atomic E-state index is 0.701. The number of para-hydroxylation sites is 1. The number of anilines is 1. The normalized spacial score (nSPS) is 13.4. The van der Waals surface area contributed by atoms with Gasteiger partial charge in [-0.05, 0) is 17.2 Å². The van der Waals surface area contributed by atoms with Crippen LogP contribution in [0.2, 0.25) is 0 Å². The van der Waals surface area contributed by atoms with Gasteiger partial charge in [-0.15, -0.1) is 0 Å². The number of benzene rings is 3. The van der Waals surface area contributed by atoms with E-state index in [1.165, 1.54) is 27.9 Å². The fourth-order valence-corrected chi connectivity index (χ4v) is 3.04. The van der Waals surface area contributed by atoms with Gasteiger partial charge in [0.2, 0.25) is 0 Å². The fraction of sp³-hybridized carbons (Fsp3) is 0.0952. The van der Waals surface area contributed by atoms with Crippen LogP contribution in [0.3, 0.4) is 0 Å². The Hall–Kier alpha value is -2.87. The third-order valence-electron chi connectivity index (χ3n) is 4.28. The molecule has 1 heterocycles. The average molecular weight is 298 g/mol. The van der Waals surface area contributed by atoms with E-state index in [0.717, 1.165) is 5.71 Å². The van der Waals surface area contributed by atoms with E-state index in [1.807, 2.05) is 6.07 Å². The van der Waals surface area contributed by atoms with Crippen LogP contribution in [0.15, 0.2) is 83.9 Å². The summed E-state index contributed by atoms with van der Waals surface area (Å²) in [4.78, 5) is 6.94. The molecule has 0 aliphatic carbocycles. The Balaban J connectivity index is 1.72. The highest BCUT2D eigenvalue weighted by molar-refractivity contribution is 6.16. The van der Waals surface area contributed by atoms with Gasteiger partial charge in [-0.3, -0.25) is 4.99 Å². The second kappa shape index (κ2) is 5.73. The molecule has 0 fully saturated rings. The molecular weight excluding hydrogens is 280 g/mol. The zero-order valence-electron chi connectivity index (χ0n) is 13.1. The van der Waals surface area contributed by atoms with E-state index in [9.17, 15) is 0 Å². The van der Waals surface area contributed by atoms with Crippen molar-refractivity contribution in [1.82, 2.24) is 0 Å². The molecule has 0 amide bonds. The number of hydrogen-bond acceptors (Lipinski definition) is 2. The minimum atomic E-state index is 0.701. The molecule has 0 N–H and O–H groups in total. The van der Waals surface area contributed by atoms with Crippen molar-refractivity contribution in [3.05, 3.63) is 90.0 Å². The number of rotatable bonds is 2. The topological polar surface area (TPSA) is 15.6 Å². The molecule has 3 aromatic rings. The number of fused-ring (bicyclic) bond motifs is 1. The van der Waals surface area contributed by atoms with Gasteiger partial charge in [-0.1, -0.05) is 72.8 Å². The van der Waals surface area contributed by atoms with Gasteiger partial charge in [0, 0.05) is 23.9 Å². The molecule has 1 aliphatic rings. The number of nitrogens with zero attached hydrogens (tertiary/aromatic N) is 2. The van der Waals surface area contributed by atoms with Gasteiger partial charge in [0.05, 0.1) is 5.71 Å². The van der Waals surface area contributed by atoms with Crippen LogP contribution in [0, 0.1) is 0 Å². The first-order valence-electron chi connectivity index (χ1n) is 7.84. The Morgan fingerprint density at radius 2 is 1.30 bits per heavy atom. The van der Waals surface area contributed by atoms with Crippen molar-refractivity contribution in [1.29, 1.82) is 0 Å². The van der Waals surface area contributed by atoms with Crippen molar-refractivity contribution < 1.29 is 0 Å². The molecule has 3 aromatic carbocycles. The van der Waals surface area contributed by atoms with Crippen LogP contribution in [0.1, 0.15) is 11.1 Å². The summed E-state index contributed by atoms with van der Waals surface area (Å²) in [6.07, 6.45) is 0. The molecule has 0 saturated carbocycles. The van der Waals surface area contributed by atoms with E-state index in [4.69, 9.17) is 4.99 Å². The highest BCUT2D eigenvalue weighted by atomic mass is 15.2. The summed E-state index contributed by atoms with van der Waals surface area (Å²) in [5, 5.41) is 0. The van der Waals surface area contributed by atoms with Crippen LogP contribution >= 0.6 is 0 Å². The molecule has 112 valence electrons. The predicted molar refractivity (Wildman–Crippen MR) is 97.2 cm³/mol. The van der Waals surface area contributed by atoms with Crippen molar-refractivity contribution in [3.8, 4) is 11.1 Å². The third kappa shape index (κ3) is 2.53. The van der Waals surface area contributed by atoms with Crippen LogP contribution < -0.4 is 4.90 Å². The SMILES string of the molecule is CN1CN=C(c2ccc(-c3ccccc3)cc2)c2ccccc21. The minimum Gasteiger partial charge on any atom is -0.355 e. The quantitative estimate of drug-likeness (QED) is 0.675. The molecule has 4 rings (SSSR count). The highest BCUT2D eigenvalue weighted by Crippen LogP contribution is 2.27. The van der Waals surface area contributed by atoms with Crippen molar-refractivity contribution in [2.24, 2.45) is 4.99 Å². The van der Waals surface area contributed by atoms with Crippen LogP contribution in [-0.4, -0.2) is 19.4 Å². The molecule has 0 bridgehead atoms. The molecule has 0 aromatic heterocycles. The van der Waals surface area contributed by atoms with Gasteiger partial charge < -0.3 is 4.90 Å². The predicted octanol–water partition coefficient (Wildman–Crippen LogP) is 4.60. The summed E-state index contributed by atoms with van der Waals surface area (Å²) in [7, 11) is 2.08. The van der Waals surface area contributed by atoms with E-state index in [2.05, 4.69) is 84.7 Å². The van der Waals surface area contributed by atoms with Gasteiger partial charge >= 0.3 is 0 Å². The smallest absolute Gasteiger partial charge is 0.110 e. The lowest BCUT2D eigenvalue weighted by atomic mass is 9.96. The van der Waals surface area contributed by atoms with Gasteiger partial charge in [0.25, 0.3) is 0 Å². The lowest BCUT2D eigenvalue weighted by Gasteiger charge is -2.26. The van der Waals surface area contributed by atoms with Gasteiger partial charge in [-0.2, -0.15) is 0 Å². The zero-order valence-corrected chi connectivity index (χ0v) is 13.1. The second-order valence-corrected chi connectivity index (χ2v) is 5.81.